The fourth-order valence-corrected chi connectivity index (χ4v) is 7.59. The molecule has 0 spiro atoms. The first-order valence-corrected chi connectivity index (χ1v) is 12.5. The van der Waals surface area contributed by atoms with Crippen LogP contribution in [0, 0.1) is 35.0 Å². The normalized spacial score (nSPS) is 40.4. The average molecular weight is 385 g/mol. The van der Waals surface area contributed by atoms with Gasteiger partial charge in [0.05, 0.1) is 6.10 Å². The lowest BCUT2D eigenvalue weighted by atomic mass is 9.59. The molecule has 0 aromatic heterocycles. The van der Waals surface area contributed by atoms with Gasteiger partial charge in [-0.05, 0) is 86.9 Å². The third-order valence-corrected chi connectivity index (χ3v) is 9.18. The second-order valence-electron chi connectivity index (χ2n) is 11.5. The van der Waals surface area contributed by atoms with Crippen LogP contribution in [0.5, 0.6) is 0 Å². The van der Waals surface area contributed by atoms with Crippen molar-refractivity contribution in [3.05, 3.63) is 22.8 Å². The van der Waals surface area contributed by atoms with Crippen molar-refractivity contribution >= 4 is 0 Å². The second kappa shape index (κ2) is 8.29. The van der Waals surface area contributed by atoms with Gasteiger partial charge in [-0.1, -0.05) is 69.8 Å². The second-order valence-corrected chi connectivity index (χ2v) is 11.5. The molecular formula is C27H44O. The minimum absolute atomic E-state index is 0.0703. The van der Waals surface area contributed by atoms with Gasteiger partial charge >= 0.3 is 0 Å². The molecule has 0 aromatic rings. The molecule has 0 amide bonds. The number of fused-ring (bicyclic) bond motifs is 1. The minimum atomic E-state index is -0.0703. The molecule has 0 saturated heterocycles. The van der Waals surface area contributed by atoms with Crippen LogP contribution >= 0.6 is 0 Å². The van der Waals surface area contributed by atoms with Crippen LogP contribution in [0.15, 0.2) is 22.8 Å². The number of rotatable bonds is 6. The first-order valence-electron chi connectivity index (χ1n) is 12.5. The molecule has 0 bridgehead atoms. The molecule has 0 unspecified atom stereocenters. The number of aliphatic hydroxyl groups excluding tert-OH is 1. The molecule has 4 aliphatic rings. The summed E-state index contributed by atoms with van der Waals surface area (Å²) in [5, 5.41) is 10.1. The van der Waals surface area contributed by atoms with Crippen molar-refractivity contribution < 1.29 is 5.11 Å². The van der Waals surface area contributed by atoms with E-state index in [1.807, 2.05) is 5.57 Å². The first-order chi connectivity index (χ1) is 13.4. The van der Waals surface area contributed by atoms with Crippen LogP contribution in [0.2, 0.25) is 0 Å². The SMILES string of the molecule is CC(C)CCC[C@@H](C)[C@H]1CC[C@H]2/C(=C/[C@@H]3CC4=C3C[C@@H](O)CC4)CCC[C@]12C. The summed E-state index contributed by atoms with van der Waals surface area (Å²) in [6.45, 7) is 9.94. The lowest BCUT2D eigenvalue weighted by Gasteiger charge is -2.45. The summed E-state index contributed by atoms with van der Waals surface area (Å²) < 4.78 is 0. The summed E-state index contributed by atoms with van der Waals surface area (Å²) in [5.41, 5.74) is 5.67. The number of allylic oxidation sites excluding steroid dienone is 3. The van der Waals surface area contributed by atoms with Gasteiger partial charge < -0.3 is 5.11 Å². The fourth-order valence-electron chi connectivity index (χ4n) is 7.59. The third kappa shape index (κ3) is 3.90. The molecule has 4 rings (SSSR count). The summed E-state index contributed by atoms with van der Waals surface area (Å²) in [6, 6.07) is 0. The van der Waals surface area contributed by atoms with Gasteiger partial charge in [0, 0.05) is 5.92 Å². The first kappa shape index (κ1) is 20.7. The summed E-state index contributed by atoms with van der Waals surface area (Å²) in [6.07, 6.45) is 18.4. The Morgan fingerprint density at radius 1 is 1.07 bits per heavy atom. The minimum Gasteiger partial charge on any atom is -0.393 e. The van der Waals surface area contributed by atoms with E-state index in [0.717, 1.165) is 42.9 Å². The van der Waals surface area contributed by atoms with E-state index >= 15 is 0 Å². The average Bonchev–Trinajstić information content (AvgIpc) is 2.99. The zero-order valence-electron chi connectivity index (χ0n) is 19.0. The Labute approximate surface area is 174 Å². The number of aliphatic hydroxyl groups is 1. The Balaban J connectivity index is 1.43. The Kier molecular flexibility index (Phi) is 6.13. The number of hydrogen-bond acceptors (Lipinski definition) is 1. The van der Waals surface area contributed by atoms with Gasteiger partial charge in [0.1, 0.15) is 0 Å². The van der Waals surface area contributed by atoms with Crippen LogP contribution in [-0.4, -0.2) is 11.2 Å². The van der Waals surface area contributed by atoms with E-state index in [1.165, 1.54) is 57.8 Å². The van der Waals surface area contributed by atoms with Gasteiger partial charge in [0.2, 0.25) is 0 Å². The molecule has 1 nitrogen and oxygen atoms in total. The van der Waals surface area contributed by atoms with Crippen LogP contribution in [0.25, 0.3) is 0 Å². The molecule has 1 heteroatoms. The highest BCUT2D eigenvalue weighted by molar-refractivity contribution is 5.37. The van der Waals surface area contributed by atoms with Crippen molar-refractivity contribution in [1.82, 2.24) is 0 Å². The number of hydrogen-bond donors (Lipinski definition) is 1. The quantitative estimate of drug-likeness (QED) is 0.471. The van der Waals surface area contributed by atoms with Crippen molar-refractivity contribution in [2.75, 3.05) is 0 Å². The summed E-state index contributed by atoms with van der Waals surface area (Å²) >= 11 is 0. The molecule has 6 atom stereocenters. The van der Waals surface area contributed by atoms with E-state index in [1.54, 1.807) is 11.1 Å². The molecule has 2 fully saturated rings. The largest absolute Gasteiger partial charge is 0.393 e. The van der Waals surface area contributed by atoms with Crippen LogP contribution < -0.4 is 0 Å². The Morgan fingerprint density at radius 3 is 2.68 bits per heavy atom. The van der Waals surface area contributed by atoms with Crippen molar-refractivity contribution in [3.63, 3.8) is 0 Å². The summed E-state index contributed by atoms with van der Waals surface area (Å²) in [5.74, 6) is 4.19. The predicted molar refractivity (Wildman–Crippen MR) is 119 cm³/mol. The maximum absolute atomic E-state index is 10.1. The zero-order valence-corrected chi connectivity index (χ0v) is 19.0. The standard InChI is InChI=1S/C27H44O/c1-18(2)7-5-8-19(3)25-12-13-26-21(9-6-14-27(25,26)4)16-22-15-20-10-11-23(28)17-24(20)22/h16,18-19,22-23,25-26,28H,5-15,17H2,1-4H3/b21-16+/t19-,22+,23+,25-,26+,27-/m1/s1. The molecule has 0 aromatic carbocycles. The summed E-state index contributed by atoms with van der Waals surface area (Å²) in [4.78, 5) is 0. The molecular weight excluding hydrogens is 340 g/mol. The predicted octanol–water partition coefficient (Wildman–Crippen LogP) is 7.45. The molecule has 0 radical (unpaired) electrons. The Morgan fingerprint density at radius 2 is 1.89 bits per heavy atom. The molecule has 0 aliphatic heterocycles. The van der Waals surface area contributed by atoms with Crippen molar-refractivity contribution in [2.45, 2.75) is 111 Å². The molecule has 4 aliphatic carbocycles. The zero-order chi connectivity index (χ0) is 19.9. The highest BCUT2D eigenvalue weighted by Gasteiger charge is 2.50. The maximum Gasteiger partial charge on any atom is 0.0580 e. The van der Waals surface area contributed by atoms with E-state index in [0.29, 0.717) is 11.3 Å². The van der Waals surface area contributed by atoms with Gasteiger partial charge in [0.15, 0.2) is 0 Å². The Hall–Kier alpha value is -0.560. The van der Waals surface area contributed by atoms with E-state index < -0.39 is 0 Å². The van der Waals surface area contributed by atoms with Crippen molar-refractivity contribution in [3.8, 4) is 0 Å². The highest BCUT2D eigenvalue weighted by atomic mass is 16.3. The monoisotopic (exact) mass is 384 g/mol. The van der Waals surface area contributed by atoms with Crippen LogP contribution in [-0.2, 0) is 0 Å². The fraction of sp³-hybridized carbons (Fsp3) is 0.852. The van der Waals surface area contributed by atoms with Crippen molar-refractivity contribution in [1.29, 1.82) is 0 Å². The van der Waals surface area contributed by atoms with Crippen LogP contribution in [0.1, 0.15) is 105 Å². The lowest BCUT2D eigenvalue weighted by molar-refractivity contribution is 0.0922. The summed E-state index contributed by atoms with van der Waals surface area (Å²) in [7, 11) is 0. The van der Waals surface area contributed by atoms with Gasteiger partial charge in [-0.15, -0.1) is 0 Å². The molecule has 2 saturated carbocycles. The smallest absolute Gasteiger partial charge is 0.0580 e. The Bertz CT molecular complexity index is 626. The molecule has 1 N–H and O–H groups in total. The van der Waals surface area contributed by atoms with E-state index in [9.17, 15) is 5.11 Å². The molecule has 28 heavy (non-hydrogen) atoms. The van der Waals surface area contributed by atoms with E-state index in [-0.39, 0.29) is 6.10 Å². The van der Waals surface area contributed by atoms with Gasteiger partial charge in [-0.25, -0.2) is 0 Å². The van der Waals surface area contributed by atoms with Gasteiger partial charge in [0.25, 0.3) is 0 Å². The maximum atomic E-state index is 10.1. The van der Waals surface area contributed by atoms with E-state index in [4.69, 9.17) is 0 Å². The highest BCUT2D eigenvalue weighted by Crippen LogP contribution is 2.60. The molecule has 0 heterocycles. The van der Waals surface area contributed by atoms with E-state index in [2.05, 4.69) is 33.8 Å². The molecule has 158 valence electrons. The van der Waals surface area contributed by atoms with Gasteiger partial charge in [-0.3, -0.25) is 0 Å². The van der Waals surface area contributed by atoms with Crippen molar-refractivity contribution in [2.24, 2.45) is 35.0 Å². The topological polar surface area (TPSA) is 20.2 Å². The van der Waals surface area contributed by atoms with Crippen LogP contribution in [0.3, 0.4) is 0 Å². The lowest BCUT2D eigenvalue weighted by Crippen LogP contribution is -2.36. The van der Waals surface area contributed by atoms with Crippen LogP contribution in [0.4, 0.5) is 0 Å². The third-order valence-electron chi connectivity index (χ3n) is 9.18. The van der Waals surface area contributed by atoms with Gasteiger partial charge in [-0.2, -0.15) is 0 Å².